The van der Waals surface area contributed by atoms with E-state index in [2.05, 4.69) is 28.3 Å². The summed E-state index contributed by atoms with van der Waals surface area (Å²) in [6, 6.07) is 0. The molecule has 2 aromatic heterocycles. The van der Waals surface area contributed by atoms with Gasteiger partial charge in [-0.15, -0.1) is 0 Å². The Hall–Kier alpha value is -2.53. The summed E-state index contributed by atoms with van der Waals surface area (Å²) in [5.74, 6) is -0.344. The number of rotatable bonds is 13. The van der Waals surface area contributed by atoms with E-state index in [-0.39, 0.29) is 40.3 Å². The van der Waals surface area contributed by atoms with Crippen molar-refractivity contribution in [1.82, 2.24) is 9.55 Å². The summed E-state index contributed by atoms with van der Waals surface area (Å²) in [4.78, 5) is 70.9. The number of aryl methyl sites for hydroxylation is 2. The first kappa shape index (κ1) is 40.2. The molecule has 0 aliphatic carbocycles. The smallest absolute Gasteiger partial charge is 0.483 e. The lowest BCUT2D eigenvalue weighted by Crippen LogP contribution is -2.54. The topological polar surface area (TPSA) is 350 Å². The van der Waals surface area contributed by atoms with Crippen LogP contribution in [0.5, 0.6) is 5.75 Å². The minimum atomic E-state index is -5.62. The summed E-state index contributed by atoms with van der Waals surface area (Å²) >= 11 is 0. The van der Waals surface area contributed by atoms with Crippen molar-refractivity contribution < 1.29 is 86.0 Å². The van der Waals surface area contributed by atoms with Crippen molar-refractivity contribution in [2.75, 3.05) is 6.61 Å². The van der Waals surface area contributed by atoms with Gasteiger partial charge < -0.3 is 49.5 Å². The van der Waals surface area contributed by atoms with Crippen LogP contribution in [0.4, 0.5) is 0 Å². The highest BCUT2D eigenvalue weighted by molar-refractivity contribution is 7.61. The highest BCUT2D eigenvalue weighted by Crippen LogP contribution is 2.61. The van der Waals surface area contributed by atoms with Crippen molar-refractivity contribution >= 4 is 29.2 Å². The van der Waals surface area contributed by atoms with Crippen LogP contribution >= 0.6 is 23.5 Å². The number of aliphatic hydroxyl groups excluding tert-OH is 3. The molecule has 23 nitrogen and oxygen atoms in total. The van der Waals surface area contributed by atoms with Crippen LogP contribution in [0.25, 0.3) is 0 Å². The number of phosphoric ester groups is 3. The molecule has 2 saturated heterocycles. The first-order chi connectivity index (χ1) is 23.1. The van der Waals surface area contributed by atoms with Gasteiger partial charge in [0.15, 0.2) is 18.2 Å². The molecule has 2 aromatic rings. The number of hydrogen-bond donors (Lipinski definition) is 9. The standard InChI is InChI=1S/C24H35N4O19P3/c1-10-7-28(24(34)27-22(10)33)17-4-15(29)16(45-17)9-43-49(38,39)47-50(40,41)46-23-21(32)20(31)18(12(3)44-23)26-6-14-13(8-42-48(35,36)37)5-25-11(2)19(14)30/h5,7,12,15-17,20-21,23,29-32H,4,6,8-9H2,1-3H3,(H,38,39)(H,40,41)(H,27,33,34)(H2,35,36,37)/p+1/t12-,15+,16-,17-,20+,21-,23-/m1/s1. The number of aromatic amines is 2. The van der Waals surface area contributed by atoms with Crippen LogP contribution in [0.1, 0.15) is 42.0 Å². The van der Waals surface area contributed by atoms with E-state index in [1.54, 1.807) is 0 Å². The van der Waals surface area contributed by atoms with Gasteiger partial charge in [0, 0.05) is 30.7 Å². The number of phosphoric acid groups is 3. The number of aromatic hydroxyl groups is 1. The number of nitrogens with one attached hydrogen (secondary N) is 2. The average molecular weight is 777 g/mol. The third-order valence-corrected chi connectivity index (χ3v) is 10.5. The first-order valence-corrected chi connectivity index (χ1v) is 18.9. The zero-order chi connectivity index (χ0) is 37.3. The summed E-state index contributed by atoms with van der Waals surface area (Å²) in [6.07, 6.45) is -8.96. The summed E-state index contributed by atoms with van der Waals surface area (Å²) < 4.78 is 66.3. The molecule has 9 atom stereocenters. The maximum atomic E-state index is 12.6. The van der Waals surface area contributed by atoms with Crippen LogP contribution in [0.3, 0.4) is 0 Å². The maximum Gasteiger partial charge on any atom is 0.483 e. The van der Waals surface area contributed by atoms with Crippen molar-refractivity contribution in [2.24, 2.45) is 4.99 Å². The number of aliphatic hydroxyl groups is 3. The fourth-order valence-electron chi connectivity index (χ4n) is 4.89. The second-order valence-electron chi connectivity index (χ2n) is 11.2. The molecule has 2 fully saturated rings. The van der Waals surface area contributed by atoms with Crippen molar-refractivity contribution in [1.29, 1.82) is 0 Å². The zero-order valence-corrected chi connectivity index (χ0v) is 29.0. The number of hydrogen-bond acceptors (Lipinski definition) is 16. The van der Waals surface area contributed by atoms with Crippen molar-refractivity contribution in [2.45, 2.75) is 83.4 Å². The summed E-state index contributed by atoms with van der Waals surface area (Å²) in [5, 5.41) is 42.1. The third kappa shape index (κ3) is 10.1. The Morgan fingerprint density at radius 3 is 2.40 bits per heavy atom. The second kappa shape index (κ2) is 15.6. The van der Waals surface area contributed by atoms with Crippen LogP contribution in [0, 0.1) is 13.8 Å². The normalized spacial score (nSPS) is 29.2. The van der Waals surface area contributed by atoms with E-state index in [9.17, 15) is 53.5 Å². The molecule has 2 aliphatic heterocycles. The summed E-state index contributed by atoms with van der Waals surface area (Å²) in [5.41, 5.74) is -1.19. The Kier molecular flexibility index (Phi) is 12.6. The van der Waals surface area contributed by atoms with E-state index in [1.165, 1.54) is 33.2 Å². The molecular weight excluding hydrogens is 741 g/mol. The monoisotopic (exact) mass is 777 g/mol. The number of H-pyrrole nitrogens is 2. The average Bonchev–Trinajstić information content (AvgIpc) is 3.36. The lowest BCUT2D eigenvalue weighted by molar-refractivity contribution is -0.389. The number of ether oxygens (including phenoxy) is 2. The van der Waals surface area contributed by atoms with Gasteiger partial charge >= 0.3 is 29.2 Å². The van der Waals surface area contributed by atoms with Gasteiger partial charge in [-0.25, -0.2) is 23.5 Å². The fourth-order valence-corrected chi connectivity index (χ4v) is 7.36. The van der Waals surface area contributed by atoms with Crippen molar-refractivity contribution in [3.8, 4) is 5.75 Å². The fraction of sp³-hybridized carbons (Fsp3) is 0.583. The second-order valence-corrected chi connectivity index (χ2v) is 15.4. The third-order valence-electron chi connectivity index (χ3n) is 7.47. The van der Waals surface area contributed by atoms with E-state index < -0.39 is 97.5 Å². The van der Waals surface area contributed by atoms with Gasteiger partial charge in [-0.2, -0.15) is 4.31 Å². The minimum Gasteiger partial charge on any atom is -0.502 e. The van der Waals surface area contributed by atoms with E-state index in [0.717, 1.165) is 4.57 Å². The quantitative estimate of drug-likeness (QED) is 0.102. The molecule has 50 heavy (non-hydrogen) atoms. The van der Waals surface area contributed by atoms with Crippen molar-refractivity contribution in [3.63, 3.8) is 0 Å². The molecule has 26 heteroatoms. The molecular formula is C24H36N4O19P3+. The molecule has 0 saturated carbocycles. The van der Waals surface area contributed by atoms with E-state index in [4.69, 9.17) is 23.8 Å². The molecule has 4 rings (SSSR count). The largest absolute Gasteiger partial charge is 0.502 e. The van der Waals surface area contributed by atoms with Gasteiger partial charge in [-0.05, 0) is 13.8 Å². The summed E-state index contributed by atoms with van der Waals surface area (Å²) in [7, 11) is -16.0. The molecule has 2 aliphatic rings. The molecule has 4 heterocycles. The predicted molar refractivity (Wildman–Crippen MR) is 162 cm³/mol. The molecule has 0 spiro atoms. The highest BCUT2D eigenvalue weighted by atomic mass is 31.3. The molecule has 280 valence electrons. The summed E-state index contributed by atoms with van der Waals surface area (Å²) in [6.45, 7) is 2.25. The number of aliphatic imine (C=N–C) groups is 1. The molecule has 0 radical (unpaired) electrons. The Bertz CT molecular complexity index is 1860. The van der Waals surface area contributed by atoms with E-state index >= 15 is 0 Å². The van der Waals surface area contributed by atoms with Crippen molar-refractivity contribution in [3.05, 3.63) is 55.6 Å². The highest BCUT2D eigenvalue weighted by Gasteiger charge is 2.47. The Balaban J connectivity index is 1.37. The lowest BCUT2D eigenvalue weighted by atomic mass is 10.0. The SMILES string of the molecule is Cc1[nH+]cc(COP(=O)(O)O)c(CN=C2[C@@H](C)O[C@H](OP(=O)(O)OP(=O)(O)OC[C@H]3O[C@@H](n4cc(C)c(=O)[nH]c4=O)C[C@@H]3O)[C@H](O)[C@H]2O)c1O. The van der Waals surface area contributed by atoms with Gasteiger partial charge in [-0.3, -0.25) is 32.9 Å². The number of aromatic nitrogens is 3. The van der Waals surface area contributed by atoms with Gasteiger partial charge in [0.25, 0.3) is 5.56 Å². The van der Waals surface area contributed by atoms with Crippen LogP contribution in [-0.2, 0) is 54.2 Å². The number of pyridine rings is 1. The predicted octanol–water partition coefficient (Wildman–Crippen LogP) is -1.71. The number of nitrogens with zero attached hydrogens (tertiary/aromatic N) is 2. The maximum absolute atomic E-state index is 12.6. The van der Waals surface area contributed by atoms with E-state index in [1.807, 2.05) is 0 Å². The van der Waals surface area contributed by atoms with Gasteiger partial charge in [0.05, 0.1) is 43.2 Å². The van der Waals surface area contributed by atoms with E-state index in [0.29, 0.717) is 0 Å². The van der Waals surface area contributed by atoms with Crippen LogP contribution in [0.2, 0.25) is 0 Å². The molecule has 10 N–H and O–H groups in total. The first-order valence-electron chi connectivity index (χ1n) is 14.4. The molecule has 0 bridgehead atoms. The Labute approximate surface area is 281 Å². The Morgan fingerprint density at radius 2 is 1.74 bits per heavy atom. The lowest BCUT2D eigenvalue weighted by Gasteiger charge is -2.37. The van der Waals surface area contributed by atoms with Crippen LogP contribution < -0.4 is 16.2 Å². The molecule has 0 aromatic carbocycles. The van der Waals surface area contributed by atoms with Crippen LogP contribution in [-0.4, -0.2) is 98.7 Å². The van der Waals surface area contributed by atoms with Gasteiger partial charge in [0.2, 0.25) is 5.69 Å². The molecule has 0 amide bonds. The minimum absolute atomic E-state index is 0.0351. The van der Waals surface area contributed by atoms with Crippen LogP contribution in [0.15, 0.2) is 27.0 Å². The van der Waals surface area contributed by atoms with Gasteiger partial charge in [-0.1, -0.05) is 0 Å². The zero-order valence-electron chi connectivity index (χ0n) is 26.3. The Morgan fingerprint density at radius 1 is 1.06 bits per heavy atom. The van der Waals surface area contributed by atoms with Gasteiger partial charge in [0.1, 0.15) is 24.5 Å². The molecule has 2 unspecified atom stereocenters.